The molecule has 0 bridgehead atoms. The van der Waals surface area contributed by atoms with Gasteiger partial charge < -0.3 is 5.32 Å². The van der Waals surface area contributed by atoms with Gasteiger partial charge in [-0.25, -0.2) is 4.68 Å². The Morgan fingerprint density at radius 1 is 1.22 bits per heavy atom. The Kier molecular flexibility index (Phi) is 4.39. The van der Waals surface area contributed by atoms with Gasteiger partial charge in [-0.2, -0.15) is 0 Å². The highest BCUT2D eigenvalue weighted by molar-refractivity contribution is 6.30. The average Bonchev–Trinajstić information content (AvgIpc) is 3.04. The minimum Gasteiger partial charge on any atom is -0.347 e. The van der Waals surface area contributed by atoms with Crippen LogP contribution in [0.2, 0.25) is 5.02 Å². The molecule has 0 aliphatic heterocycles. The first kappa shape index (κ1) is 15.2. The molecule has 5 nitrogen and oxygen atoms in total. The van der Waals surface area contributed by atoms with E-state index in [1.54, 1.807) is 18.3 Å². The van der Waals surface area contributed by atoms with Crippen molar-refractivity contribution in [2.24, 2.45) is 0 Å². The molecule has 1 heterocycles. The van der Waals surface area contributed by atoms with Gasteiger partial charge in [-0.3, -0.25) is 4.79 Å². The van der Waals surface area contributed by atoms with Crippen LogP contribution in [0, 0.1) is 6.92 Å². The maximum atomic E-state index is 12.1. The van der Waals surface area contributed by atoms with Crippen molar-refractivity contribution >= 4 is 17.5 Å². The maximum Gasteiger partial charge on any atom is 0.273 e. The van der Waals surface area contributed by atoms with Gasteiger partial charge in [0, 0.05) is 11.6 Å². The predicted molar refractivity (Wildman–Crippen MR) is 88.7 cm³/mol. The lowest BCUT2D eigenvalue weighted by molar-refractivity contribution is 0.0946. The van der Waals surface area contributed by atoms with Gasteiger partial charge in [0.25, 0.3) is 5.91 Å². The van der Waals surface area contributed by atoms with E-state index in [1.165, 1.54) is 10.2 Å². The third-order valence-electron chi connectivity index (χ3n) is 3.37. The summed E-state index contributed by atoms with van der Waals surface area (Å²) in [4.78, 5) is 12.1. The molecule has 0 radical (unpaired) electrons. The number of hydrogen-bond donors (Lipinski definition) is 1. The lowest BCUT2D eigenvalue weighted by Crippen LogP contribution is -2.23. The molecule has 0 spiro atoms. The van der Waals surface area contributed by atoms with Crippen LogP contribution in [0.4, 0.5) is 0 Å². The number of aromatic nitrogens is 3. The fourth-order valence-corrected chi connectivity index (χ4v) is 2.28. The molecule has 0 saturated carbocycles. The summed E-state index contributed by atoms with van der Waals surface area (Å²) in [6.07, 6.45) is 1.58. The van der Waals surface area contributed by atoms with Crippen molar-refractivity contribution in [2.45, 2.75) is 13.5 Å². The number of halogens is 1. The SMILES string of the molecule is Cc1ccc(CNC(=O)c2cn(-c3cccc(Cl)c3)nn2)cc1. The maximum absolute atomic E-state index is 12.1. The molecule has 0 fully saturated rings. The molecule has 116 valence electrons. The summed E-state index contributed by atoms with van der Waals surface area (Å²) in [6, 6.07) is 15.2. The Balaban J connectivity index is 1.67. The van der Waals surface area contributed by atoms with Gasteiger partial charge in [0.2, 0.25) is 0 Å². The summed E-state index contributed by atoms with van der Waals surface area (Å²) in [6.45, 7) is 2.47. The first-order valence-electron chi connectivity index (χ1n) is 7.14. The second-order valence-corrected chi connectivity index (χ2v) is 5.63. The minimum absolute atomic E-state index is 0.261. The van der Waals surface area contributed by atoms with Crippen LogP contribution in [0.25, 0.3) is 5.69 Å². The topological polar surface area (TPSA) is 59.8 Å². The van der Waals surface area contributed by atoms with Crippen LogP contribution in [0.1, 0.15) is 21.6 Å². The molecule has 3 rings (SSSR count). The number of carbonyl (C=O) groups is 1. The van der Waals surface area contributed by atoms with Crippen molar-refractivity contribution in [3.8, 4) is 5.69 Å². The quantitative estimate of drug-likeness (QED) is 0.801. The molecule has 23 heavy (non-hydrogen) atoms. The van der Waals surface area contributed by atoms with Crippen molar-refractivity contribution in [3.05, 3.63) is 76.6 Å². The first-order chi connectivity index (χ1) is 11.1. The van der Waals surface area contributed by atoms with E-state index in [4.69, 9.17) is 11.6 Å². The highest BCUT2D eigenvalue weighted by atomic mass is 35.5. The molecule has 2 aromatic carbocycles. The summed E-state index contributed by atoms with van der Waals surface area (Å²) in [7, 11) is 0. The van der Waals surface area contributed by atoms with Gasteiger partial charge >= 0.3 is 0 Å². The van der Waals surface area contributed by atoms with Crippen LogP contribution in [0.3, 0.4) is 0 Å². The molecule has 1 aromatic heterocycles. The summed E-state index contributed by atoms with van der Waals surface area (Å²) < 4.78 is 1.52. The van der Waals surface area contributed by atoms with Crippen LogP contribution in [0.15, 0.2) is 54.7 Å². The van der Waals surface area contributed by atoms with E-state index in [9.17, 15) is 4.79 Å². The van der Waals surface area contributed by atoms with Crippen LogP contribution in [0.5, 0.6) is 0 Å². The Morgan fingerprint density at radius 2 is 2.00 bits per heavy atom. The minimum atomic E-state index is -0.265. The van der Waals surface area contributed by atoms with E-state index in [0.717, 1.165) is 11.3 Å². The van der Waals surface area contributed by atoms with Crippen molar-refractivity contribution in [1.29, 1.82) is 0 Å². The molecular formula is C17H15ClN4O. The molecule has 0 unspecified atom stereocenters. The molecule has 1 N–H and O–H groups in total. The molecule has 0 atom stereocenters. The molecule has 6 heteroatoms. The van der Waals surface area contributed by atoms with Crippen molar-refractivity contribution in [1.82, 2.24) is 20.3 Å². The number of nitrogens with zero attached hydrogens (tertiary/aromatic N) is 3. The van der Waals surface area contributed by atoms with Gasteiger partial charge in [-0.15, -0.1) is 5.10 Å². The molecule has 3 aromatic rings. The molecule has 1 amide bonds. The second kappa shape index (κ2) is 6.62. The van der Waals surface area contributed by atoms with Gasteiger partial charge in [0.1, 0.15) is 0 Å². The van der Waals surface area contributed by atoms with Crippen LogP contribution < -0.4 is 5.32 Å². The molecule has 0 saturated heterocycles. The Hall–Kier alpha value is -2.66. The fourth-order valence-electron chi connectivity index (χ4n) is 2.09. The van der Waals surface area contributed by atoms with Gasteiger partial charge in [-0.05, 0) is 30.7 Å². The first-order valence-corrected chi connectivity index (χ1v) is 7.51. The van der Waals surface area contributed by atoms with Crippen LogP contribution in [-0.2, 0) is 6.54 Å². The smallest absolute Gasteiger partial charge is 0.273 e. The van der Waals surface area contributed by atoms with E-state index in [2.05, 4.69) is 15.6 Å². The third kappa shape index (κ3) is 3.76. The lowest BCUT2D eigenvalue weighted by Gasteiger charge is -2.03. The van der Waals surface area contributed by atoms with Crippen molar-refractivity contribution in [3.63, 3.8) is 0 Å². The van der Waals surface area contributed by atoms with Gasteiger partial charge in [0.15, 0.2) is 5.69 Å². The number of rotatable bonds is 4. The Labute approximate surface area is 138 Å². The summed E-state index contributed by atoms with van der Waals surface area (Å²) >= 11 is 5.95. The second-order valence-electron chi connectivity index (χ2n) is 5.20. The van der Waals surface area contributed by atoms with Crippen molar-refractivity contribution in [2.75, 3.05) is 0 Å². The highest BCUT2D eigenvalue weighted by Gasteiger charge is 2.11. The molecule has 0 aliphatic carbocycles. The highest BCUT2D eigenvalue weighted by Crippen LogP contribution is 2.14. The zero-order valence-corrected chi connectivity index (χ0v) is 13.3. The lowest BCUT2D eigenvalue weighted by atomic mass is 10.1. The van der Waals surface area contributed by atoms with E-state index in [0.29, 0.717) is 11.6 Å². The summed E-state index contributed by atoms with van der Waals surface area (Å²) in [5, 5.41) is 11.3. The fraction of sp³-hybridized carbons (Fsp3) is 0.118. The zero-order chi connectivity index (χ0) is 16.2. The largest absolute Gasteiger partial charge is 0.347 e. The number of carbonyl (C=O) groups excluding carboxylic acids is 1. The van der Waals surface area contributed by atoms with Gasteiger partial charge in [-0.1, -0.05) is 52.7 Å². The van der Waals surface area contributed by atoms with Crippen LogP contribution in [-0.4, -0.2) is 20.9 Å². The summed E-state index contributed by atoms with van der Waals surface area (Å²) in [5.41, 5.74) is 3.23. The number of benzene rings is 2. The molecule has 0 aliphatic rings. The van der Waals surface area contributed by atoms with Crippen LogP contribution >= 0.6 is 11.6 Å². The Morgan fingerprint density at radius 3 is 2.74 bits per heavy atom. The number of nitrogens with one attached hydrogen (secondary N) is 1. The number of amides is 1. The van der Waals surface area contributed by atoms with Gasteiger partial charge in [0.05, 0.1) is 11.9 Å². The van der Waals surface area contributed by atoms with E-state index >= 15 is 0 Å². The number of hydrogen-bond acceptors (Lipinski definition) is 3. The van der Waals surface area contributed by atoms with Crippen molar-refractivity contribution < 1.29 is 4.79 Å². The standard InChI is InChI=1S/C17H15ClN4O/c1-12-5-7-13(8-6-12)10-19-17(23)16-11-22(21-20-16)15-4-2-3-14(18)9-15/h2-9,11H,10H2,1H3,(H,19,23). The predicted octanol–water partition coefficient (Wildman–Crippen LogP) is 3.16. The normalized spacial score (nSPS) is 10.5. The Bertz CT molecular complexity index is 827. The third-order valence-corrected chi connectivity index (χ3v) is 3.61. The molecular weight excluding hydrogens is 312 g/mol. The van der Waals surface area contributed by atoms with E-state index in [-0.39, 0.29) is 11.6 Å². The zero-order valence-electron chi connectivity index (χ0n) is 12.5. The monoisotopic (exact) mass is 326 g/mol. The number of aryl methyl sites for hydroxylation is 1. The van der Waals surface area contributed by atoms with E-state index in [1.807, 2.05) is 43.3 Å². The van der Waals surface area contributed by atoms with E-state index < -0.39 is 0 Å². The average molecular weight is 327 g/mol. The summed E-state index contributed by atoms with van der Waals surface area (Å²) in [5.74, 6) is -0.265.